The van der Waals surface area contributed by atoms with Crippen LogP contribution in [0.15, 0.2) is 0 Å². The molecule has 2 aromatic heterocycles. The zero-order valence-corrected chi connectivity index (χ0v) is 17.7. The molecule has 0 radical (unpaired) electrons. The van der Waals surface area contributed by atoms with Crippen molar-refractivity contribution in [3.05, 3.63) is 17.0 Å². The Balaban J connectivity index is 1.25. The van der Waals surface area contributed by atoms with Gasteiger partial charge in [0.15, 0.2) is 0 Å². The molecule has 0 aliphatic heterocycles. The van der Waals surface area contributed by atoms with Gasteiger partial charge in [0.2, 0.25) is 11.9 Å². The number of nitrogens with one attached hydrogen (secondary N) is 1. The third kappa shape index (κ3) is 3.19. The van der Waals surface area contributed by atoms with Crippen molar-refractivity contribution in [3.63, 3.8) is 0 Å². The predicted octanol–water partition coefficient (Wildman–Crippen LogP) is 2.98. The normalized spacial score (nSPS) is 31.3. The van der Waals surface area contributed by atoms with Crippen molar-refractivity contribution in [2.45, 2.75) is 78.2 Å². The first-order valence-electron chi connectivity index (χ1n) is 11.1. The van der Waals surface area contributed by atoms with Gasteiger partial charge in [-0.2, -0.15) is 9.50 Å². The highest BCUT2D eigenvalue weighted by molar-refractivity contribution is 5.76. The van der Waals surface area contributed by atoms with Crippen molar-refractivity contribution in [2.24, 2.45) is 23.2 Å². The second kappa shape index (κ2) is 6.67. The molecule has 0 saturated heterocycles. The van der Waals surface area contributed by atoms with E-state index in [-0.39, 0.29) is 17.9 Å². The van der Waals surface area contributed by atoms with E-state index in [1.807, 2.05) is 13.8 Å². The summed E-state index contributed by atoms with van der Waals surface area (Å²) in [6.45, 7) is 6.19. The molecule has 156 valence electrons. The molecule has 2 aromatic rings. The molecule has 0 spiro atoms. The highest BCUT2D eigenvalue weighted by Gasteiger charge is 2.53. The number of carbonyl (C=O) groups excluding carboxylic acids is 1. The highest BCUT2D eigenvalue weighted by atomic mass is 16.1. The smallest absolute Gasteiger partial charge is 0.254 e. The monoisotopic (exact) mass is 396 g/mol. The maximum Gasteiger partial charge on any atom is 0.254 e. The zero-order valence-electron chi connectivity index (χ0n) is 17.7. The van der Waals surface area contributed by atoms with Crippen LogP contribution in [0, 0.1) is 37.0 Å². The molecule has 6 rings (SSSR count). The Kier molecular flexibility index (Phi) is 4.33. The van der Waals surface area contributed by atoms with Gasteiger partial charge < -0.3 is 11.1 Å². The van der Waals surface area contributed by atoms with E-state index in [1.165, 1.54) is 38.5 Å². The van der Waals surface area contributed by atoms with Gasteiger partial charge in [-0.05, 0) is 94.4 Å². The molecule has 2 heterocycles. The van der Waals surface area contributed by atoms with Crippen LogP contribution in [0.1, 0.15) is 68.8 Å². The summed E-state index contributed by atoms with van der Waals surface area (Å²) >= 11 is 0. The van der Waals surface area contributed by atoms with Gasteiger partial charge in [0.25, 0.3) is 5.78 Å². The SMILES string of the molecule is Cc1nc2nc(N)nn2c(C)c1CCC(=O)N[C@@H](C)C12CC3CC(CC(C3)C1)C2. The third-order valence-electron chi connectivity index (χ3n) is 8.05. The Morgan fingerprint density at radius 1 is 1.17 bits per heavy atom. The van der Waals surface area contributed by atoms with Crippen molar-refractivity contribution >= 4 is 17.6 Å². The topological polar surface area (TPSA) is 98.2 Å². The number of fused-ring (bicyclic) bond motifs is 1. The first-order chi connectivity index (χ1) is 13.8. The Hall–Kier alpha value is -2.18. The Morgan fingerprint density at radius 3 is 2.41 bits per heavy atom. The second-order valence-corrected chi connectivity index (χ2v) is 10.0. The lowest BCUT2D eigenvalue weighted by molar-refractivity contribution is -0.125. The number of hydrogen-bond acceptors (Lipinski definition) is 5. The van der Waals surface area contributed by atoms with Crippen LogP contribution in [-0.2, 0) is 11.2 Å². The van der Waals surface area contributed by atoms with Crippen LogP contribution >= 0.6 is 0 Å². The van der Waals surface area contributed by atoms with Gasteiger partial charge >= 0.3 is 0 Å². The van der Waals surface area contributed by atoms with Crippen molar-refractivity contribution in [3.8, 4) is 0 Å². The largest absolute Gasteiger partial charge is 0.366 e. The molecule has 0 unspecified atom stereocenters. The van der Waals surface area contributed by atoms with Crippen LogP contribution in [0.2, 0.25) is 0 Å². The molecule has 4 bridgehead atoms. The number of rotatable bonds is 5. The van der Waals surface area contributed by atoms with E-state index in [9.17, 15) is 4.79 Å². The molecule has 3 N–H and O–H groups in total. The summed E-state index contributed by atoms with van der Waals surface area (Å²) in [5.74, 6) is 3.59. The van der Waals surface area contributed by atoms with E-state index in [0.717, 1.165) is 34.7 Å². The maximum atomic E-state index is 12.8. The van der Waals surface area contributed by atoms with Crippen molar-refractivity contribution in [2.75, 3.05) is 5.73 Å². The summed E-state index contributed by atoms with van der Waals surface area (Å²) in [6, 6.07) is 0.265. The van der Waals surface area contributed by atoms with Crippen LogP contribution in [0.3, 0.4) is 0 Å². The summed E-state index contributed by atoms with van der Waals surface area (Å²) < 4.78 is 1.67. The number of aryl methyl sites for hydroxylation is 2. The molecule has 4 aliphatic carbocycles. The van der Waals surface area contributed by atoms with Crippen LogP contribution in [-0.4, -0.2) is 31.5 Å². The fourth-order valence-corrected chi connectivity index (χ4v) is 7.00. The van der Waals surface area contributed by atoms with Gasteiger partial charge in [0.05, 0.1) is 0 Å². The lowest BCUT2D eigenvalue weighted by Gasteiger charge is -2.59. The first kappa shape index (κ1) is 18.8. The minimum atomic E-state index is 0.144. The number of nitrogens with zero attached hydrogens (tertiary/aromatic N) is 4. The van der Waals surface area contributed by atoms with Crippen molar-refractivity contribution in [1.82, 2.24) is 24.9 Å². The van der Waals surface area contributed by atoms with Crippen molar-refractivity contribution < 1.29 is 4.79 Å². The van der Waals surface area contributed by atoms with Gasteiger partial charge in [-0.15, -0.1) is 5.10 Å². The lowest BCUT2D eigenvalue weighted by Crippen LogP contribution is -2.55. The molecule has 4 aliphatic rings. The Morgan fingerprint density at radius 2 is 1.79 bits per heavy atom. The fourth-order valence-electron chi connectivity index (χ4n) is 7.00. The lowest BCUT2D eigenvalue weighted by atomic mass is 9.48. The number of aromatic nitrogens is 4. The van der Waals surface area contributed by atoms with E-state index >= 15 is 0 Å². The van der Waals surface area contributed by atoms with Gasteiger partial charge in [0.1, 0.15) is 0 Å². The van der Waals surface area contributed by atoms with E-state index in [1.54, 1.807) is 4.52 Å². The number of carbonyl (C=O) groups is 1. The summed E-state index contributed by atoms with van der Waals surface area (Å²) in [5.41, 5.74) is 8.96. The van der Waals surface area contributed by atoms with Gasteiger partial charge in [0, 0.05) is 23.9 Å². The third-order valence-corrected chi connectivity index (χ3v) is 8.05. The summed E-state index contributed by atoms with van der Waals surface area (Å²) in [5, 5.41) is 7.59. The quantitative estimate of drug-likeness (QED) is 0.810. The number of anilines is 1. The van der Waals surface area contributed by atoms with Crippen LogP contribution in [0.25, 0.3) is 5.78 Å². The zero-order chi connectivity index (χ0) is 20.3. The predicted molar refractivity (Wildman–Crippen MR) is 111 cm³/mol. The van der Waals surface area contributed by atoms with Crippen LogP contribution in [0.4, 0.5) is 5.95 Å². The molecule has 29 heavy (non-hydrogen) atoms. The molecule has 7 nitrogen and oxygen atoms in total. The van der Waals surface area contributed by atoms with Crippen LogP contribution < -0.4 is 11.1 Å². The van der Waals surface area contributed by atoms with Gasteiger partial charge in [-0.3, -0.25) is 4.79 Å². The highest BCUT2D eigenvalue weighted by Crippen LogP contribution is 2.61. The Bertz CT molecular complexity index is 929. The van der Waals surface area contributed by atoms with E-state index < -0.39 is 0 Å². The van der Waals surface area contributed by atoms with E-state index in [4.69, 9.17) is 5.73 Å². The molecular weight excluding hydrogens is 364 g/mol. The Labute approximate surface area is 171 Å². The van der Waals surface area contributed by atoms with Gasteiger partial charge in [-0.25, -0.2) is 4.98 Å². The molecule has 4 saturated carbocycles. The standard InChI is InChI=1S/C22H32N6O/c1-12-18(13(2)28-21(24-12)26-20(23)27-28)4-5-19(29)25-14(3)22-9-15-6-16(10-22)8-17(7-15)11-22/h14-17H,4-11H2,1-3H3,(H2,23,27)(H,25,29)/t14-,15?,16?,17?,22?/m0/s1. The molecule has 4 fully saturated rings. The molecular formula is C22H32N6O. The second-order valence-electron chi connectivity index (χ2n) is 10.0. The minimum absolute atomic E-state index is 0.144. The van der Waals surface area contributed by atoms with Crippen LogP contribution in [0.5, 0.6) is 0 Å². The molecule has 7 heteroatoms. The number of amides is 1. The molecule has 0 aromatic carbocycles. The number of hydrogen-bond donors (Lipinski definition) is 2. The fraction of sp³-hybridized carbons (Fsp3) is 0.727. The summed E-state index contributed by atoms with van der Waals surface area (Å²) in [7, 11) is 0. The van der Waals surface area contributed by atoms with Gasteiger partial charge in [-0.1, -0.05) is 0 Å². The minimum Gasteiger partial charge on any atom is -0.366 e. The molecule has 1 amide bonds. The summed E-state index contributed by atoms with van der Waals surface area (Å²) in [6.07, 6.45) is 9.35. The number of nitrogens with two attached hydrogens (primary N) is 1. The first-order valence-corrected chi connectivity index (χ1v) is 11.1. The average molecular weight is 397 g/mol. The van der Waals surface area contributed by atoms with Crippen molar-refractivity contribution in [1.29, 1.82) is 0 Å². The maximum absolute atomic E-state index is 12.8. The van der Waals surface area contributed by atoms with E-state index in [0.29, 0.717) is 24.0 Å². The van der Waals surface area contributed by atoms with E-state index in [2.05, 4.69) is 27.3 Å². The average Bonchev–Trinajstić information content (AvgIpc) is 3.00. The summed E-state index contributed by atoms with van der Waals surface area (Å²) in [4.78, 5) is 21.5. The molecule has 1 atom stereocenters. The number of nitrogen functional groups attached to an aromatic ring is 1.